The number of aryl methyl sites for hydroxylation is 1. The summed E-state index contributed by atoms with van der Waals surface area (Å²) in [5.41, 5.74) is 13.6. The van der Waals surface area contributed by atoms with E-state index in [9.17, 15) is 10.5 Å². The topological polar surface area (TPSA) is 62.4 Å². The normalized spacial score (nSPS) is 11.6. The van der Waals surface area contributed by atoms with Gasteiger partial charge in [0.25, 0.3) is 0 Å². The third-order valence-corrected chi connectivity index (χ3v) is 11.3. The highest BCUT2D eigenvalue weighted by atomic mass is 15.0. The van der Waals surface area contributed by atoms with Crippen LogP contribution in [0.25, 0.3) is 93.6 Å². The summed E-state index contributed by atoms with van der Waals surface area (Å²) in [6.45, 7) is 2.12. The lowest BCUT2D eigenvalue weighted by atomic mass is 9.96. The van der Waals surface area contributed by atoms with Crippen molar-refractivity contribution in [2.45, 2.75) is 6.92 Å². The lowest BCUT2D eigenvalue weighted by molar-refractivity contribution is 1.16. The standard InChI is InChI=1S/C51H31N5/c1-32-25-34(37-15-10-20-49(44(37)31-53)56-48-19-9-5-13-40(48)42-27-33(30-52)21-23-51(42)56)28-36(26-32)55-47-18-8-4-14-41(47)43-29-35(22-24-50(43)55)54-45-16-6-2-11-38(45)39-12-3-7-17-46(39)54/h2-29H,1H3. The molecule has 0 aliphatic carbocycles. The summed E-state index contributed by atoms with van der Waals surface area (Å²) < 4.78 is 6.88. The predicted octanol–water partition coefficient (Wildman–Crippen LogP) is 12.7. The Kier molecular flexibility index (Phi) is 6.83. The molecule has 0 bridgehead atoms. The summed E-state index contributed by atoms with van der Waals surface area (Å²) in [7, 11) is 0. The van der Waals surface area contributed by atoms with Gasteiger partial charge >= 0.3 is 0 Å². The van der Waals surface area contributed by atoms with Gasteiger partial charge in [-0.25, -0.2) is 0 Å². The second kappa shape index (κ2) is 12.1. The summed E-state index contributed by atoms with van der Waals surface area (Å²) in [4.78, 5) is 0. The fourth-order valence-electron chi connectivity index (χ4n) is 9.01. The van der Waals surface area contributed by atoms with E-state index >= 15 is 0 Å². The molecule has 0 spiro atoms. The largest absolute Gasteiger partial charge is 0.309 e. The molecule has 0 amide bonds. The Hall–Kier alpha value is -7.86. The van der Waals surface area contributed by atoms with Crippen molar-refractivity contribution in [2.75, 3.05) is 0 Å². The molecule has 11 rings (SSSR count). The van der Waals surface area contributed by atoms with Gasteiger partial charge in [-0.3, -0.25) is 0 Å². The molecular formula is C51H31N5. The molecule has 0 saturated heterocycles. The van der Waals surface area contributed by atoms with E-state index in [1.54, 1.807) is 0 Å². The minimum absolute atomic E-state index is 0.592. The number of aromatic nitrogens is 3. The fourth-order valence-corrected chi connectivity index (χ4v) is 9.01. The summed E-state index contributed by atoms with van der Waals surface area (Å²) in [5.74, 6) is 0. The average molecular weight is 714 g/mol. The zero-order valence-electron chi connectivity index (χ0n) is 30.4. The zero-order chi connectivity index (χ0) is 37.5. The van der Waals surface area contributed by atoms with Gasteiger partial charge in [0.15, 0.2) is 0 Å². The number of rotatable bonds is 4. The molecule has 260 valence electrons. The highest BCUT2D eigenvalue weighted by Crippen LogP contribution is 2.40. The van der Waals surface area contributed by atoms with Crippen LogP contribution in [0.3, 0.4) is 0 Å². The Morgan fingerprint density at radius 3 is 1.54 bits per heavy atom. The van der Waals surface area contributed by atoms with Gasteiger partial charge in [-0.1, -0.05) is 91.0 Å². The molecule has 0 saturated carbocycles. The Balaban J connectivity index is 1.11. The number of hydrogen-bond donors (Lipinski definition) is 0. The second-order valence-corrected chi connectivity index (χ2v) is 14.5. The number of fused-ring (bicyclic) bond motifs is 9. The third-order valence-electron chi connectivity index (χ3n) is 11.3. The van der Waals surface area contributed by atoms with Gasteiger partial charge < -0.3 is 13.7 Å². The van der Waals surface area contributed by atoms with Crippen LogP contribution in [0, 0.1) is 29.6 Å². The first-order valence-electron chi connectivity index (χ1n) is 18.7. The SMILES string of the molecule is Cc1cc(-c2cccc(-n3c4ccccc4c4cc(C#N)ccc43)c2C#N)cc(-n2c3ccccc3c3cc(-n4c5ccccc5c5ccccc54)ccc32)c1. The summed E-state index contributed by atoms with van der Waals surface area (Å²) >= 11 is 0. The number of nitrogens with zero attached hydrogens (tertiary/aromatic N) is 5. The van der Waals surface area contributed by atoms with E-state index in [-0.39, 0.29) is 0 Å². The van der Waals surface area contributed by atoms with Crippen molar-refractivity contribution >= 4 is 65.4 Å². The molecule has 5 nitrogen and oxygen atoms in total. The highest BCUT2D eigenvalue weighted by Gasteiger charge is 2.20. The third kappa shape index (κ3) is 4.53. The molecule has 3 heterocycles. The maximum absolute atomic E-state index is 10.9. The smallest absolute Gasteiger partial charge is 0.102 e. The van der Waals surface area contributed by atoms with E-state index in [0.29, 0.717) is 11.1 Å². The summed E-state index contributed by atoms with van der Waals surface area (Å²) in [5, 5.41) is 27.5. The Morgan fingerprint density at radius 1 is 0.393 bits per heavy atom. The molecule has 0 radical (unpaired) electrons. The first kappa shape index (κ1) is 31.6. The van der Waals surface area contributed by atoms with E-state index in [1.165, 1.54) is 32.6 Å². The van der Waals surface area contributed by atoms with E-state index in [4.69, 9.17) is 0 Å². The van der Waals surface area contributed by atoms with Crippen LogP contribution < -0.4 is 0 Å². The van der Waals surface area contributed by atoms with Gasteiger partial charge in [-0.05, 0) is 96.9 Å². The van der Waals surface area contributed by atoms with Gasteiger partial charge in [-0.15, -0.1) is 0 Å². The number of nitriles is 2. The molecule has 56 heavy (non-hydrogen) atoms. The van der Waals surface area contributed by atoms with Gasteiger partial charge in [0, 0.05) is 49.3 Å². The van der Waals surface area contributed by atoms with Crippen molar-refractivity contribution in [2.24, 2.45) is 0 Å². The lowest BCUT2D eigenvalue weighted by Crippen LogP contribution is -2.00. The van der Waals surface area contributed by atoms with Crippen LogP contribution in [-0.2, 0) is 0 Å². The molecule has 0 unspecified atom stereocenters. The fraction of sp³-hybridized carbons (Fsp3) is 0.0196. The van der Waals surface area contributed by atoms with Crippen molar-refractivity contribution in [3.05, 3.63) is 187 Å². The molecule has 0 atom stereocenters. The maximum Gasteiger partial charge on any atom is 0.102 e. The first-order chi connectivity index (χ1) is 27.6. The average Bonchev–Trinajstić information content (AvgIpc) is 3.88. The molecule has 3 aromatic heterocycles. The molecule has 0 fully saturated rings. The van der Waals surface area contributed by atoms with Crippen molar-refractivity contribution in [1.82, 2.24) is 13.7 Å². The monoisotopic (exact) mass is 713 g/mol. The molecule has 8 aromatic carbocycles. The van der Waals surface area contributed by atoms with Crippen LogP contribution in [0.4, 0.5) is 0 Å². The Bertz CT molecular complexity index is 3470. The van der Waals surface area contributed by atoms with E-state index < -0.39 is 0 Å². The molecule has 5 heteroatoms. The Labute approximate surface area is 322 Å². The molecule has 11 aromatic rings. The molecule has 0 aliphatic heterocycles. The van der Waals surface area contributed by atoms with Crippen molar-refractivity contribution in [1.29, 1.82) is 10.5 Å². The van der Waals surface area contributed by atoms with Crippen LogP contribution in [0.15, 0.2) is 170 Å². The number of benzene rings is 8. The van der Waals surface area contributed by atoms with Crippen LogP contribution >= 0.6 is 0 Å². The van der Waals surface area contributed by atoms with Crippen LogP contribution in [0.1, 0.15) is 16.7 Å². The second-order valence-electron chi connectivity index (χ2n) is 14.5. The van der Waals surface area contributed by atoms with Gasteiger partial charge in [0.1, 0.15) is 6.07 Å². The van der Waals surface area contributed by atoms with Gasteiger partial charge in [0.05, 0.1) is 56.0 Å². The van der Waals surface area contributed by atoms with Crippen molar-refractivity contribution < 1.29 is 0 Å². The van der Waals surface area contributed by atoms with Gasteiger partial charge in [0.2, 0.25) is 0 Å². The zero-order valence-corrected chi connectivity index (χ0v) is 30.4. The summed E-state index contributed by atoms with van der Waals surface area (Å²) in [6.07, 6.45) is 0. The Morgan fingerprint density at radius 2 is 0.911 bits per heavy atom. The predicted molar refractivity (Wildman–Crippen MR) is 229 cm³/mol. The minimum atomic E-state index is 0.592. The number of hydrogen-bond acceptors (Lipinski definition) is 2. The van der Waals surface area contributed by atoms with Crippen LogP contribution in [0.5, 0.6) is 0 Å². The molecule has 0 aliphatic rings. The van der Waals surface area contributed by atoms with E-state index in [2.05, 4.69) is 154 Å². The molecular weight excluding hydrogens is 683 g/mol. The molecule has 0 N–H and O–H groups in total. The van der Waals surface area contributed by atoms with Gasteiger partial charge in [-0.2, -0.15) is 10.5 Å². The number of para-hydroxylation sites is 4. The lowest BCUT2D eigenvalue weighted by Gasteiger charge is -2.16. The van der Waals surface area contributed by atoms with Crippen LogP contribution in [0.2, 0.25) is 0 Å². The first-order valence-corrected chi connectivity index (χ1v) is 18.7. The van der Waals surface area contributed by atoms with Crippen molar-refractivity contribution in [3.8, 4) is 40.3 Å². The van der Waals surface area contributed by atoms with E-state index in [1.807, 2.05) is 48.5 Å². The minimum Gasteiger partial charge on any atom is -0.309 e. The summed E-state index contributed by atoms with van der Waals surface area (Å²) in [6, 6.07) is 64.2. The quantitative estimate of drug-likeness (QED) is 0.182. The highest BCUT2D eigenvalue weighted by molar-refractivity contribution is 6.13. The van der Waals surface area contributed by atoms with Crippen LogP contribution in [-0.4, -0.2) is 13.7 Å². The van der Waals surface area contributed by atoms with Crippen molar-refractivity contribution in [3.63, 3.8) is 0 Å². The maximum atomic E-state index is 10.9. The van der Waals surface area contributed by atoms with E-state index in [0.717, 1.165) is 66.6 Å².